The van der Waals surface area contributed by atoms with Crippen molar-refractivity contribution in [3.05, 3.63) is 72.2 Å². The van der Waals surface area contributed by atoms with Crippen LogP contribution in [-0.4, -0.2) is 53.1 Å². The van der Waals surface area contributed by atoms with E-state index in [-0.39, 0.29) is 5.91 Å². The first kappa shape index (κ1) is 23.9. The average molecular weight is 486 g/mol. The molecule has 1 aliphatic rings. The second-order valence-corrected chi connectivity index (χ2v) is 7.95. The van der Waals surface area contributed by atoms with Crippen molar-refractivity contribution >= 4 is 17.4 Å². The lowest BCUT2D eigenvalue weighted by atomic mass is 10.3. The summed E-state index contributed by atoms with van der Waals surface area (Å²) in [6, 6.07) is 10.0. The Labute approximate surface area is 197 Å². The number of carboxylic acids is 1. The predicted octanol–water partition coefficient (Wildman–Crippen LogP) is 3.48. The van der Waals surface area contributed by atoms with Gasteiger partial charge in [-0.15, -0.1) is 0 Å². The maximum absolute atomic E-state index is 12.6. The van der Waals surface area contributed by atoms with Crippen LogP contribution in [0.3, 0.4) is 0 Å². The molecule has 0 atom stereocenters. The SMILES string of the molecule is Cc1nc(-c2nc(C(=O)NC3CC3)c3ccccn23)cn1Cc1ccncc1.O=C(O)C(F)(F)F. The summed E-state index contributed by atoms with van der Waals surface area (Å²) in [4.78, 5) is 35.0. The molecular formula is C23H21F3N6O3. The van der Waals surface area contributed by atoms with Crippen LogP contribution in [0.15, 0.2) is 55.1 Å². The minimum absolute atomic E-state index is 0.120. The molecule has 0 aromatic carbocycles. The van der Waals surface area contributed by atoms with Crippen LogP contribution >= 0.6 is 0 Å². The van der Waals surface area contributed by atoms with Gasteiger partial charge in [0.2, 0.25) is 0 Å². The Morgan fingerprint density at radius 2 is 1.83 bits per heavy atom. The number of hydrogen-bond acceptors (Lipinski definition) is 5. The molecule has 1 fully saturated rings. The number of aromatic nitrogens is 5. The van der Waals surface area contributed by atoms with Gasteiger partial charge in [-0.05, 0) is 49.6 Å². The summed E-state index contributed by atoms with van der Waals surface area (Å²) >= 11 is 0. The fraction of sp³-hybridized carbons (Fsp3) is 0.261. The van der Waals surface area contributed by atoms with Gasteiger partial charge in [-0.3, -0.25) is 14.2 Å². The van der Waals surface area contributed by atoms with Crippen molar-refractivity contribution in [2.24, 2.45) is 0 Å². The summed E-state index contributed by atoms with van der Waals surface area (Å²) < 4.78 is 35.7. The third kappa shape index (κ3) is 5.65. The molecule has 2 N–H and O–H groups in total. The molecule has 4 heterocycles. The van der Waals surface area contributed by atoms with Crippen LogP contribution in [0.25, 0.3) is 17.0 Å². The Balaban J connectivity index is 0.000000364. The largest absolute Gasteiger partial charge is 0.490 e. The standard InChI is InChI=1S/C21H20N6O.C2HF3O2/c1-14-23-17(13-26(14)12-15-7-9-22-10-8-15)20-25-19(21(28)24-16-5-6-16)18-4-2-3-11-27(18)20;3-2(4,5)1(6)7/h2-4,7-11,13,16H,5-6,12H2,1H3,(H,24,28);(H,6,7). The number of aliphatic carboxylic acids is 1. The second-order valence-electron chi connectivity index (χ2n) is 7.95. The van der Waals surface area contributed by atoms with Crippen LogP contribution in [0.2, 0.25) is 0 Å². The number of aryl methyl sites for hydroxylation is 1. The molecule has 12 heteroatoms. The summed E-state index contributed by atoms with van der Waals surface area (Å²) in [6.07, 6.45) is 4.49. The molecule has 1 amide bonds. The lowest BCUT2D eigenvalue weighted by Gasteiger charge is -2.03. The highest BCUT2D eigenvalue weighted by Crippen LogP contribution is 2.25. The van der Waals surface area contributed by atoms with Crippen LogP contribution in [0.4, 0.5) is 13.2 Å². The van der Waals surface area contributed by atoms with E-state index < -0.39 is 12.1 Å². The summed E-state index contributed by atoms with van der Waals surface area (Å²) in [5.74, 6) is -1.31. The van der Waals surface area contributed by atoms with E-state index >= 15 is 0 Å². The summed E-state index contributed by atoms with van der Waals surface area (Å²) in [6.45, 7) is 2.68. The number of carbonyl (C=O) groups excluding carboxylic acids is 1. The van der Waals surface area contributed by atoms with E-state index in [2.05, 4.69) is 19.9 Å². The van der Waals surface area contributed by atoms with Crippen molar-refractivity contribution in [3.63, 3.8) is 0 Å². The first-order valence-electron chi connectivity index (χ1n) is 10.6. The van der Waals surface area contributed by atoms with Crippen molar-refractivity contribution in [1.29, 1.82) is 0 Å². The topological polar surface area (TPSA) is 114 Å². The van der Waals surface area contributed by atoms with Gasteiger partial charge in [-0.2, -0.15) is 13.2 Å². The van der Waals surface area contributed by atoms with Gasteiger partial charge >= 0.3 is 12.1 Å². The zero-order valence-corrected chi connectivity index (χ0v) is 18.5. The summed E-state index contributed by atoms with van der Waals surface area (Å²) in [5, 5.41) is 10.2. The fourth-order valence-electron chi connectivity index (χ4n) is 3.33. The summed E-state index contributed by atoms with van der Waals surface area (Å²) in [5.41, 5.74) is 3.14. The molecule has 0 aliphatic heterocycles. The number of pyridine rings is 2. The molecule has 0 spiro atoms. The molecule has 0 saturated heterocycles. The van der Waals surface area contributed by atoms with Gasteiger partial charge in [0.25, 0.3) is 5.91 Å². The van der Waals surface area contributed by atoms with E-state index in [1.807, 2.05) is 54.0 Å². The number of carboxylic acid groups (broad SMARTS) is 1. The number of imidazole rings is 2. The number of fused-ring (bicyclic) bond motifs is 1. The number of nitrogens with zero attached hydrogens (tertiary/aromatic N) is 5. The van der Waals surface area contributed by atoms with Gasteiger partial charge in [0.1, 0.15) is 11.5 Å². The Hall–Kier alpha value is -4.22. The Bertz CT molecular complexity index is 1360. The Kier molecular flexibility index (Phi) is 6.54. The number of carbonyl (C=O) groups is 2. The number of halogens is 3. The van der Waals surface area contributed by atoms with Gasteiger partial charge in [0.05, 0.1) is 5.52 Å². The van der Waals surface area contributed by atoms with E-state index in [1.165, 1.54) is 0 Å². The van der Waals surface area contributed by atoms with Crippen LogP contribution < -0.4 is 5.32 Å². The van der Waals surface area contributed by atoms with E-state index in [9.17, 15) is 18.0 Å². The number of nitrogens with one attached hydrogen (secondary N) is 1. The van der Waals surface area contributed by atoms with Gasteiger partial charge < -0.3 is 15.0 Å². The summed E-state index contributed by atoms with van der Waals surface area (Å²) in [7, 11) is 0. The van der Waals surface area contributed by atoms with Crippen molar-refractivity contribution in [3.8, 4) is 11.5 Å². The highest BCUT2D eigenvalue weighted by Gasteiger charge is 2.38. The maximum Gasteiger partial charge on any atom is 0.490 e. The first-order valence-corrected chi connectivity index (χ1v) is 10.6. The number of alkyl halides is 3. The highest BCUT2D eigenvalue weighted by atomic mass is 19.4. The van der Waals surface area contributed by atoms with Crippen LogP contribution in [0.1, 0.15) is 34.7 Å². The quantitative estimate of drug-likeness (QED) is 0.447. The third-order valence-electron chi connectivity index (χ3n) is 5.23. The van der Waals surface area contributed by atoms with Crippen molar-refractivity contribution in [2.45, 2.75) is 38.5 Å². The third-order valence-corrected chi connectivity index (χ3v) is 5.23. The van der Waals surface area contributed by atoms with Crippen LogP contribution in [0, 0.1) is 6.92 Å². The zero-order valence-electron chi connectivity index (χ0n) is 18.5. The van der Waals surface area contributed by atoms with Crippen molar-refractivity contribution in [1.82, 2.24) is 29.2 Å². The van der Waals surface area contributed by atoms with Gasteiger partial charge in [-0.25, -0.2) is 14.8 Å². The molecule has 1 saturated carbocycles. The average Bonchev–Trinajstić information content (AvgIpc) is 3.44. The van der Waals surface area contributed by atoms with E-state index in [1.54, 1.807) is 12.4 Å². The Morgan fingerprint density at radius 1 is 1.14 bits per heavy atom. The molecule has 182 valence electrons. The molecule has 35 heavy (non-hydrogen) atoms. The van der Waals surface area contributed by atoms with Gasteiger partial charge in [0.15, 0.2) is 11.5 Å². The smallest absolute Gasteiger partial charge is 0.475 e. The molecule has 9 nitrogen and oxygen atoms in total. The highest BCUT2D eigenvalue weighted by molar-refractivity contribution is 6.00. The van der Waals surface area contributed by atoms with Gasteiger partial charge in [-0.1, -0.05) is 6.07 Å². The minimum atomic E-state index is -5.08. The Morgan fingerprint density at radius 3 is 2.46 bits per heavy atom. The molecule has 1 aliphatic carbocycles. The zero-order chi connectivity index (χ0) is 25.2. The number of hydrogen-bond donors (Lipinski definition) is 2. The molecule has 0 radical (unpaired) electrons. The van der Waals surface area contributed by atoms with E-state index in [4.69, 9.17) is 14.9 Å². The number of rotatable bonds is 5. The van der Waals surface area contributed by atoms with Gasteiger partial charge in [0, 0.05) is 37.4 Å². The molecule has 5 rings (SSSR count). The monoisotopic (exact) mass is 486 g/mol. The molecule has 4 aromatic rings. The normalized spacial score (nSPS) is 13.3. The minimum Gasteiger partial charge on any atom is -0.475 e. The van der Waals surface area contributed by atoms with Crippen LogP contribution in [-0.2, 0) is 11.3 Å². The number of amides is 1. The predicted molar refractivity (Wildman–Crippen MR) is 119 cm³/mol. The van der Waals surface area contributed by atoms with Crippen LogP contribution in [0.5, 0.6) is 0 Å². The molecule has 4 aromatic heterocycles. The lowest BCUT2D eigenvalue weighted by molar-refractivity contribution is -0.192. The van der Waals surface area contributed by atoms with Crippen molar-refractivity contribution in [2.75, 3.05) is 0 Å². The second kappa shape index (κ2) is 9.57. The first-order chi connectivity index (χ1) is 16.6. The fourth-order valence-corrected chi connectivity index (χ4v) is 3.33. The lowest BCUT2D eigenvalue weighted by Crippen LogP contribution is -2.25. The van der Waals surface area contributed by atoms with Crippen molar-refractivity contribution < 1.29 is 27.9 Å². The maximum atomic E-state index is 12.6. The van der Waals surface area contributed by atoms with E-state index in [0.29, 0.717) is 24.1 Å². The molecule has 0 bridgehead atoms. The molecular weight excluding hydrogens is 465 g/mol. The molecule has 0 unspecified atom stereocenters. The van der Waals surface area contributed by atoms with E-state index in [0.717, 1.165) is 35.4 Å².